The van der Waals surface area contributed by atoms with Gasteiger partial charge in [0.15, 0.2) is 0 Å². The minimum Gasteiger partial charge on any atom is -0.393 e. The lowest BCUT2D eigenvalue weighted by molar-refractivity contribution is 0.0228. The highest BCUT2D eigenvalue weighted by Crippen LogP contribution is 2.38. The molecule has 1 atom stereocenters. The average Bonchev–Trinajstić information content (AvgIpc) is 2.98. The number of aliphatic hydroxyl groups is 1. The molecule has 3 aromatic rings. The van der Waals surface area contributed by atoms with Crippen LogP contribution in [0.4, 0.5) is 0 Å². The summed E-state index contributed by atoms with van der Waals surface area (Å²) in [6, 6.07) is 5.32. The lowest BCUT2D eigenvalue weighted by Gasteiger charge is -2.37. The molecule has 0 aromatic carbocycles. The molecule has 0 unspecified atom stereocenters. The Labute approximate surface area is 159 Å². The van der Waals surface area contributed by atoms with E-state index in [0.717, 1.165) is 5.69 Å². The van der Waals surface area contributed by atoms with Crippen LogP contribution in [0.3, 0.4) is 0 Å². The molecule has 3 heterocycles. The van der Waals surface area contributed by atoms with E-state index in [0.29, 0.717) is 33.5 Å². The molecule has 0 aliphatic heterocycles. The molecule has 3 aromatic heterocycles. The first-order valence-electron chi connectivity index (χ1n) is 8.80. The van der Waals surface area contributed by atoms with E-state index in [-0.39, 0.29) is 29.5 Å². The molecule has 0 spiro atoms. The second-order valence-electron chi connectivity index (χ2n) is 6.99. The molecule has 4 rings (SSSR count). The van der Waals surface area contributed by atoms with Gasteiger partial charge in [0.25, 0.3) is 11.5 Å². The summed E-state index contributed by atoms with van der Waals surface area (Å²) in [5.41, 5.74) is 1.27. The van der Waals surface area contributed by atoms with Crippen molar-refractivity contribution in [3.8, 4) is 0 Å². The molecule has 0 bridgehead atoms. The molecule has 27 heavy (non-hydrogen) atoms. The van der Waals surface area contributed by atoms with Crippen molar-refractivity contribution in [3.05, 3.63) is 57.2 Å². The van der Waals surface area contributed by atoms with Crippen LogP contribution in [0.2, 0.25) is 0 Å². The average molecular weight is 384 g/mol. The van der Waals surface area contributed by atoms with E-state index < -0.39 is 0 Å². The molecule has 7 nitrogen and oxygen atoms in total. The summed E-state index contributed by atoms with van der Waals surface area (Å²) < 4.78 is 1.41. The summed E-state index contributed by atoms with van der Waals surface area (Å²) >= 11 is 1.22. The number of aliphatic hydroxyl groups excluding tert-OH is 1. The van der Waals surface area contributed by atoms with Gasteiger partial charge in [0.2, 0.25) is 0 Å². The smallest absolute Gasteiger partial charge is 0.262 e. The summed E-state index contributed by atoms with van der Waals surface area (Å²) in [5.74, 6) is -0.103. The van der Waals surface area contributed by atoms with E-state index in [4.69, 9.17) is 0 Å². The van der Waals surface area contributed by atoms with E-state index in [1.165, 1.54) is 22.2 Å². The fourth-order valence-corrected chi connectivity index (χ4v) is 4.57. The quantitative estimate of drug-likeness (QED) is 0.716. The van der Waals surface area contributed by atoms with E-state index in [9.17, 15) is 14.7 Å². The highest BCUT2D eigenvalue weighted by molar-refractivity contribution is 7.20. The van der Waals surface area contributed by atoms with Crippen LogP contribution in [-0.4, -0.2) is 31.7 Å². The Balaban J connectivity index is 1.67. The Hall–Kier alpha value is -2.58. The Morgan fingerprint density at radius 2 is 2.15 bits per heavy atom. The van der Waals surface area contributed by atoms with Crippen LogP contribution < -0.4 is 10.9 Å². The lowest BCUT2D eigenvalue weighted by Crippen LogP contribution is -2.41. The van der Waals surface area contributed by atoms with Crippen molar-refractivity contribution in [2.45, 2.75) is 31.9 Å². The Morgan fingerprint density at radius 3 is 2.81 bits per heavy atom. The normalized spacial score (nSPS) is 20.3. The van der Waals surface area contributed by atoms with Crippen molar-refractivity contribution in [2.75, 3.05) is 0 Å². The highest BCUT2D eigenvalue weighted by Gasteiger charge is 2.37. The Kier molecular flexibility index (Phi) is 4.53. The SMILES string of the molecule is Cc1c(C(=O)N[C@H](c2ccccn2)C2CC(O)C2)sc2ncn(C)c(=O)c12. The molecule has 2 N–H and O–H groups in total. The molecule has 140 valence electrons. The number of fused-ring (bicyclic) bond motifs is 1. The first-order chi connectivity index (χ1) is 13.0. The van der Waals surface area contributed by atoms with E-state index in [2.05, 4.69) is 15.3 Å². The number of nitrogens with one attached hydrogen (secondary N) is 1. The summed E-state index contributed by atoms with van der Waals surface area (Å²) in [7, 11) is 1.64. The number of hydrogen-bond donors (Lipinski definition) is 2. The predicted octanol–water partition coefficient (Wildman–Crippen LogP) is 1.94. The number of carbonyl (C=O) groups excluding carboxylic acids is 1. The van der Waals surface area contributed by atoms with E-state index >= 15 is 0 Å². The van der Waals surface area contributed by atoms with Gasteiger partial charge in [-0.15, -0.1) is 11.3 Å². The van der Waals surface area contributed by atoms with E-state index in [1.807, 2.05) is 18.2 Å². The monoisotopic (exact) mass is 384 g/mol. The first kappa shape index (κ1) is 17.8. The molecule has 1 aliphatic rings. The molecule has 8 heteroatoms. The summed E-state index contributed by atoms with van der Waals surface area (Å²) in [6.45, 7) is 1.78. The maximum atomic E-state index is 13.0. The van der Waals surface area contributed by atoms with Crippen LogP contribution in [0.5, 0.6) is 0 Å². The largest absolute Gasteiger partial charge is 0.393 e. The Bertz CT molecular complexity index is 1050. The van der Waals surface area contributed by atoms with Gasteiger partial charge in [0, 0.05) is 13.2 Å². The maximum Gasteiger partial charge on any atom is 0.262 e. The van der Waals surface area contributed by atoms with Crippen molar-refractivity contribution in [3.63, 3.8) is 0 Å². The fraction of sp³-hybridized carbons (Fsp3) is 0.368. The molecule has 0 radical (unpaired) electrons. The zero-order chi connectivity index (χ0) is 19.1. The zero-order valence-electron chi connectivity index (χ0n) is 15.0. The van der Waals surface area contributed by atoms with Crippen molar-refractivity contribution < 1.29 is 9.90 Å². The third kappa shape index (κ3) is 3.15. The van der Waals surface area contributed by atoms with Crippen LogP contribution in [0.25, 0.3) is 10.2 Å². The van der Waals surface area contributed by atoms with Crippen LogP contribution in [0, 0.1) is 12.8 Å². The van der Waals surface area contributed by atoms with Gasteiger partial charge in [-0.25, -0.2) is 4.98 Å². The van der Waals surface area contributed by atoms with Gasteiger partial charge < -0.3 is 15.0 Å². The maximum absolute atomic E-state index is 13.0. The van der Waals surface area contributed by atoms with Gasteiger partial charge in [0.1, 0.15) is 4.83 Å². The summed E-state index contributed by atoms with van der Waals surface area (Å²) in [5, 5.41) is 13.2. The van der Waals surface area contributed by atoms with Gasteiger partial charge >= 0.3 is 0 Å². The number of thiophene rings is 1. The van der Waals surface area contributed by atoms with Gasteiger partial charge in [-0.05, 0) is 43.4 Å². The number of rotatable bonds is 4. The summed E-state index contributed by atoms with van der Waals surface area (Å²) in [4.78, 5) is 35.1. The molecule has 1 fully saturated rings. The van der Waals surface area contributed by atoms with Gasteiger partial charge in [-0.3, -0.25) is 14.6 Å². The fourth-order valence-electron chi connectivity index (χ4n) is 3.53. The zero-order valence-corrected chi connectivity index (χ0v) is 15.9. The van der Waals surface area contributed by atoms with Crippen molar-refractivity contribution >= 4 is 27.5 Å². The van der Waals surface area contributed by atoms with Crippen LogP contribution in [0.15, 0.2) is 35.5 Å². The standard InChI is InChI=1S/C19H20N4O3S/c1-10-14-18(21-9-23(2)19(14)26)27-16(10)17(25)22-15(11-7-12(24)8-11)13-5-3-4-6-20-13/h3-6,9,11-12,15,24H,7-8H2,1-2H3,(H,22,25)/t11?,12?,15-/m0/s1. The number of hydrogen-bond acceptors (Lipinski definition) is 6. The number of aryl methyl sites for hydroxylation is 2. The van der Waals surface area contributed by atoms with Gasteiger partial charge in [0.05, 0.1) is 34.4 Å². The minimum absolute atomic E-state index is 0.138. The van der Waals surface area contributed by atoms with Gasteiger partial charge in [-0.1, -0.05) is 6.07 Å². The number of nitrogens with zero attached hydrogens (tertiary/aromatic N) is 3. The molecule has 1 amide bonds. The van der Waals surface area contributed by atoms with Crippen LogP contribution >= 0.6 is 11.3 Å². The molecule has 1 aliphatic carbocycles. The predicted molar refractivity (Wildman–Crippen MR) is 103 cm³/mol. The second-order valence-corrected chi connectivity index (χ2v) is 7.99. The third-order valence-electron chi connectivity index (χ3n) is 5.13. The second kappa shape index (κ2) is 6.86. The summed E-state index contributed by atoms with van der Waals surface area (Å²) in [6.07, 6.45) is 4.11. The highest BCUT2D eigenvalue weighted by atomic mass is 32.1. The molecule has 1 saturated carbocycles. The minimum atomic E-state index is -0.323. The lowest BCUT2D eigenvalue weighted by atomic mass is 9.76. The number of aromatic nitrogens is 3. The third-order valence-corrected chi connectivity index (χ3v) is 6.33. The molecule has 0 saturated heterocycles. The number of amides is 1. The Morgan fingerprint density at radius 1 is 1.37 bits per heavy atom. The van der Waals surface area contributed by atoms with Crippen molar-refractivity contribution in [2.24, 2.45) is 13.0 Å². The molecular formula is C19H20N4O3S. The number of pyridine rings is 1. The van der Waals surface area contributed by atoms with Crippen LogP contribution in [-0.2, 0) is 7.05 Å². The topological polar surface area (TPSA) is 97.1 Å². The van der Waals surface area contributed by atoms with Crippen molar-refractivity contribution in [1.29, 1.82) is 0 Å². The van der Waals surface area contributed by atoms with E-state index in [1.54, 1.807) is 20.2 Å². The van der Waals surface area contributed by atoms with Crippen molar-refractivity contribution in [1.82, 2.24) is 19.9 Å². The first-order valence-corrected chi connectivity index (χ1v) is 9.62. The van der Waals surface area contributed by atoms with Crippen LogP contribution in [0.1, 0.15) is 39.8 Å². The van der Waals surface area contributed by atoms with Gasteiger partial charge in [-0.2, -0.15) is 0 Å². The number of carbonyl (C=O) groups is 1. The molecular weight excluding hydrogens is 364 g/mol.